The number of fused-ring (bicyclic) bond motifs is 1. The number of benzene rings is 2. The Labute approximate surface area is 189 Å². The summed E-state index contributed by atoms with van der Waals surface area (Å²) < 4.78 is 6.96. The van der Waals surface area contributed by atoms with Gasteiger partial charge in [-0.1, -0.05) is 36.4 Å². The fourth-order valence-electron chi connectivity index (χ4n) is 6.91. The minimum Gasteiger partial charge on any atom is -0.504 e. The van der Waals surface area contributed by atoms with E-state index in [9.17, 15) is 15.0 Å². The van der Waals surface area contributed by atoms with Crippen LogP contribution in [0.3, 0.4) is 0 Å². The molecule has 5 heteroatoms. The predicted octanol–water partition coefficient (Wildman–Crippen LogP) is 4.08. The maximum Gasteiger partial charge on any atom is 0.161 e. The summed E-state index contributed by atoms with van der Waals surface area (Å²) in [5.74, 6) is 0.841. The van der Waals surface area contributed by atoms with E-state index in [0.29, 0.717) is 25.9 Å². The van der Waals surface area contributed by atoms with Crippen LogP contribution in [0.2, 0.25) is 0 Å². The molecule has 1 aliphatic heterocycles. The van der Waals surface area contributed by atoms with E-state index in [0.717, 1.165) is 48.5 Å². The number of hydrogen-bond donors (Lipinski definition) is 2. The van der Waals surface area contributed by atoms with Gasteiger partial charge in [-0.2, -0.15) is 0 Å². The number of phenolic OH excluding ortho intramolecular Hbond substituents is 2. The molecule has 5 nitrogen and oxygen atoms in total. The Balaban J connectivity index is 1.50. The highest BCUT2D eigenvalue weighted by Crippen LogP contribution is 2.62. The van der Waals surface area contributed by atoms with Gasteiger partial charge in [0.2, 0.25) is 0 Å². The Bertz CT molecular complexity index is 1050. The Morgan fingerprint density at radius 1 is 1.06 bits per heavy atom. The summed E-state index contributed by atoms with van der Waals surface area (Å²) in [6.45, 7) is 2.48. The third kappa shape index (κ3) is 2.94. The van der Waals surface area contributed by atoms with Gasteiger partial charge in [0, 0.05) is 36.4 Å². The van der Waals surface area contributed by atoms with Gasteiger partial charge in [-0.3, -0.25) is 9.69 Å². The lowest BCUT2D eigenvalue weighted by Gasteiger charge is -2.65. The van der Waals surface area contributed by atoms with Crippen molar-refractivity contribution in [1.29, 1.82) is 0 Å². The van der Waals surface area contributed by atoms with Crippen molar-refractivity contribution < 1.29 is 19.7 Å². The number of ether oxygens (including phenoxy) is 1. The zero-order valence-corrected chi connectivity index (χ0v) is 18.4. The standard InChI is InChI=1S/C27H31NO4/c29-21-10-11-27(32-17-19-4-2-1-3-5-19)23-14-20-8-9-22(30)25(31)24(20)26(27,15-21)12-13-28(23)16-18-6-7-18/h1-5,8-9,18,23,30-31H,6-7,10-17H2/t23-,26-,27-/m1/s1. The highest BCUT2D eigenvalue weighted by Gasteiger charge is 2.67. The highest BCUT2D eigenvalue weighted by atomic mass is 16.5. The third-order valence-electron chi connectivity index (χ3n) is 8.55. The number of nitrogens with zero attached hydrogens (tertiary/aromatic N) is 1. The molecule has 3 aliphatic carbocycles. The van der Waals surface area contributed by atoms with Crippen LogP contribution in [-0.2, 0) is 28.0 Å². The van der Waals surface area contributed by atoms with E-state index >= 15 is 0 Å². The summed E-state index contributed by atoms with van der Waals surface area (Å²) >= 11 is 0. The summed E-state index contributed by atoms with van der Waals surface area (Å²) in [7, 11) is 0. The highest BCUT2D eigenvalue weighted by molar-refractivity contribution is 5.83. The van der Waals surface area contributed by atoms with Gasteiger partial charge in [-0.15, -0.1) is 0 Å². The van der Waals surface area contributed by atoms with E-state index in [2.05, 4.69) is 17.0 Å². The van der Waals surface area contributed by atoms with Crippen molar-refractivity contribution >= 4 is 5.78 Å². The van der Waals surface area contributed by atoms with E-state index in [1.54, 1.807) is 6.07 Å². The molecule has 0 radical (unpaired) electrons. The zero-order chi connectivity index (χ0) is 21.9. The SMILES string of the molecule is O=C1CC[C@@]2(OCc3ccccc3)[C@H]3Cc4ccc(O)c(O)c4[C@@]2(CCN3CC2CC2)C1. The Morgan fingerprint density at radius 2 is 1.88 bits per heavy atom. The first kappa shape index (κ1) is 20.3. The minimum atomic E-state index is -0.599. The summed E-state index contributed by atoms with van der Waals surface area (Å²) in [5.41, 5.74) is 1.78. The van der Waals surface area contributed by atoms with Crippen LogP contribution in [0, 0.1) is 5.92 Å². The third-order valence-corrected chi connectivity index (χ3v) is 8.55. The van der Waals surface area contributed by atoms with E-state index in [1.807, 2.05) is 24.3 Å². The fraction of sp³-hybridized carbons (Fsp3) is 0.519. The molecule has 168 valence electrons. The van der Waals surface area contributed by atoms with Gasteiger partial charge in [0.05, 0.1) is 12.2 Å². The first-order valence-corrected chi connectivity index (χ1v) is 12.0. The first-order valence-electron chi connectivity index (χ1n) is 12.0. The molecule has 4 aliphatic rings. The largest absolute Gasteiger partial charge is 0.504 e. The van der Waals surface area contributed by atoms with Crippen LogP contribution < -0.4 is 0 Å². The summed E-state index contributed by atoms with van der Waals surface area (Å²) in [5, 5.41) is 21.5. The van der Waals surface area contributed by atoms with Crippen LogP contribution in [0.15, 0.2) is 42.5 Å². The number of ketones is 1. The molecule has 0 amide bonds. The second-order valence-electron chi connectivity index (χ2n) is 10.3. The van der Waals surface area contributed by atoms with Crippen LogP contribution in [0.4, 0.5) is 0 Å². The van der Waals surface area contributed by atoms with Gasteiger partial charge in [0.25, 0.3) is 0 Å². The molecule has 2 bridgehead atoms. The lowest BCUT2D eigenvalue weighted by Crippen LogP contribution is -2.74. The van der Waals surface area contributed by atoms with Gasteiger partial charge in [-0.25, -0.2) is 0 Å². The number of piperidine rings is 1. The lowest BCUT2D eigenvalue weighted by molar-refractivity contribution is -0.206. The van der Waals surface area contributed by atoms with Gasteiger partial charge in [-0.05, 0) is 61.8 Å². The molecule has 0 unspecified atom stereocenters. The number of likely N-dealkylation sites (tertiary alicyclic amines) is 1. The molecule has 2 aromatic rings. The van der Waals surface area contributed by atoms with E-state index < -0.39 is 11.0 Å². The van der Waals surface area contributed by atoms with Crippen molar-refractivity contribution in [2.75, 3.05) is 13.1 Å². The Kier molecular flexibility index (Phi) is 4.63. The average Bonchev–Trinajstić information content (AvgIpc) is 3.61. The van der Waals surface area contributed by atoms with Gasteiger partial charge in [0.1, 0.15) is 5.78 Å². The molecule has 2 aromatic carbocycles. The van der Waals surface area contributed by atoms with Gasteiger partial charge in [0.15, 0.2) is 11.5 Å². The molecule has 32 heavy (non-hydrogen) atoms. The van der Waals surface area contributed by atoms with Crippen LogP contribution in [0.1, 0.15) is 55.2 Å². The smallest absolute Gasteiger partial charge is 0.161 e. The molecule has 6 rings (SSSR count). The van der Waals surface area contributed by atoms with Crippen LogP contribution in [-0.4, -0.2) is 45.6 Å². The fourth-order valence-corrected chi connectivity index (χ4v) is 6.91. The molecule has 1 saturated heterocycles. The van der Waals surface area contributed by atoms with Gasteiger partial charge < -0.3 is 14.9 Å². The normalized spacial score (nSPS) is 31.8. The number of hydrogen-bond acceptors (Lipinski definition) is 5. The summed E-state index contributed by atoms with van der Waals surface area (Å²) in [6.07, 6.45) is 5.70. The van der Waals surface area contributed by atoms with Gasteiger partial charge >= 0.3 is 0 Å². The summed E-state index contributed by atoms with van der Waals surface area (Å²) in [4.78, 5) is 15.5. The number of carbonyl (C=O) groups excluding carboxylic acids is 1. The molecular weight excluding hydrogens is 402 g/mol. The average molecular weight is 434 g/mol. The molecule has 1 heterocycles. The second kappa shape index (κ2) is 7.32. The molecule has 2 N–H and O–H groups in total. The quantitative estimate of drug-likeness (QED) is 0.696. The Hall–Kier alpha value is -2.37. The number of aromatic hydroxyl groups is 2. The molecule has 0 aromatic heterocycles. The maximum absolute atomic E-state index is 12.9. The van der Waals surface area contributed by atoms with Crippen molar-refractivity contribution in [1.82, 2.24) is 4.90 Å². The topological polar surface area (TPSA) is 70.0 Å². The van der Waals surface area contributed by atoms with Crippen molar-refractivity contribution in [2.45, 2.75) is 68.6 Å². The molecular formula is C27H31NO4. The monoisotopic (exact) mass is 433 g/mol. The van der Waals surface area contributed by atoms with Crippen molar-refractivity contribution in [3.63, 3.8) is 0 Å². The maximum atomic E-state index is 12.9. The number of rotatable bonds is 5. The van der Waals surface area contributed by atoms with E-state index in [-0.39, 0.29) is 23.3 Å². The predicted molar refractivity (Wildman–Crippen MR) is 121 cm³/mol. The summed E-state index contributed by atoms with van der Waals surface area (Å²) in [6, 6.07) is 13.9. The number of carbonyl (C=O) groups is 1. The van der Waals surface area contributed by atoms with Crippen LogP contribution >= 0.6 is 0 Å². The number of Topliss-reactive ketones (excluding diaryl/α,β-unsaturated/α-hetero) is 1. The molecule has 2 saturated carbocycles. The van der Waals surface area contributed by atoms with Crippen molar-refractivity contribution in [3.05, 3.63) is 59.2 Å². The molecule has 3 fully saturated rings. The molecule has 3 atom stereocenters. The van der Waals surface area contributed by atoms with Crippen LogP contribution in [0.5, 0.6) is 11.5 Å². The number of phenols is 2. The first-order chi connectivity index (χ1) is 15.5. The second-order valence-corrected chi connectivity index (χ2v) is 10.3. The zero-order valence-electron chi connectivity index (χ0n) is 18.4. The van der Waals surface area contributed by atoms with Crippen molar-refractivity contribution in [2.24, 2.45) is 5.92 Å². The van der Waals surface area contributed by atoms with E-state index in [4.69, 9.17) is 4.74 Å². The van der Waals surface area contributed by atoms with E-state index in [1.165, 1.54) is 12.8 Å². The lowest BCUT2D eigenvalue weighted by atomic mass is 9.49. The van der Waals surface area contributed by atoms with Crippen molar-refractivity contribution in [3.8, 4) is 11.5 Å². The minimum absolute atomic E-state index is 0.0565. The van der Waals surface area contributed by atoms with Crippen LogP contribution in [0.25, 0.3) is 0 Å². The molecule has 0 spiro atoms. The Morgan fingerprint density at radius 3 is 2.66 bits per heavy atom.